The smallest absolute Gasteiger partial charge is 0.118 e. The van der Waals surface area contributed by atoms with Gasteiger partial charge in [-0.05, 0) is 36.1 Å². The molecular weight excluding hydrogens is 218 g/mol. The number of rotatable bonds is 3. The Balaban J connectivity index is 2.07. The minimum atomic E-state index is 0.0187. The van der Waals surface area contributed by atoms with Crippen molar-refractivity contribution in [2.75, 3.05) is 13.7 Å². The summed E-state index contributed by atoms with van der Waals surface area (Å²) in [5, 5.41) is 3.77. The highest BCUT2D eigenvalue weighted by molar-refractivity contribution is 5.28. The first-order valence-corrected chi connectivity index (χ1v) is 5.63. The van der Waals surface area contributed by atoms with Crippen molar-refractivity contribution in [3.05, 3.63) is 40.3 Å². The zero-order valence-corrected chi connectivity index (χ0v) is 9.74. The molecule has 0 radical (unpaired) electrons. The fourth-order valence-corrected chi connectivity index (χ4v) is 2.01. The Morgan fingerprint density at radius 1 is 1.41 bits per heavy atom. The van der Waals surface area contributed by atoms with Gasteiger partial charge in [-0.25, -0.2) is 0 Å². The molecule has 1 aromatic carbocycles. The summed E-state index contributed by atoms with van der Waals surface area (Å²) in [6.45, 7) is 0.639. The maximum atomic E-state index is 8.44. The van der Waals surface area contributed by atoms with Crippen molar-refractivity contribution in [2.24, 2.45) is 5.11 Å². The molecular formula is C12H15N3O2. The minimum Gasteiger partial charge on any atom is -0.497 e. The summed E-state index contributed by atoms with van der Waals surface area (Å²) in [6.07, 6.45) is 1.57. The van der Waals surface area contributed by atoms with Crippen molar-refractivity contribution in [2.45, 2.75) is 25.0 Å². The zero-order valence-electron chi connectivity index (χ0n) is 9.74. The first-order chi connectivity index (χ1) is 8.33. The highest BCUT2D eigenvalue weighted by Crippen LogP contribution is 2.30. The van der Waals surface area contributed by atoms with E-state index in [9.17, 15) is 0 Å². The van der Waals surface area contributed by atoms with Crippen molar-refractivity contribution < 1.29 is 9.47 Å². The SMILES string of the molecule is COc1ccc([C@H]2C[C@@H](N=[N+]=[N-])CCO2)cc1. The molecule has 0 spiro atoms. The van der Waals surface area contributed by atoms with Crippen LogP contribution in [0, 0.1) is 0 Å². The van der Waals surface area contributed by atoms with Crippen molar-refractivity contribution >= 4 is 0 Å². The van der Waals surface area contributed by atoms with Crippen LogP contribution < -0.4 is 4.74 Å². The second kappa shape index (κ2) is 5.57. The first-order valence-electron chi connectivity index (χ1n) is 5.63. The number of azide groups is 1. The lowest BCUT2D eigenvalue weighted by atomic mass is 9.98. The summed E-state index contributed by atoms with van der Waals surface area (Å²) < 4.78 is 10.8. The Labute approximate surface area is 100.0 Å². The number of hydrogen-bond donors (Lipinski definition) is 0. The van der Waals surface area contributed by atoms with E-state index < -0.39 is 0 Å². The Hall–Kier alpha value is -1.71. The maximum absolute atomic E-state index is 8.44. The molecule has 0 aliphatic carbocycles. The molecule has 90 valence electrons. The molecule has 1 aliphatic rings. The van der Waals surface area contributed by atoms with Gasteiger partial charge >= 0.3 is 0 Å². The highest BCUT2D eigenvalue weighted by atomic mass is 16.5. The zero-order chi connectivity index (χ0) is 12.1. The molecule has 2 atom stereocenters. The Kier molecular flexibility index (Phi) is 3.85. The molecule has 0 amide bonds. The average Bonchev–Trinajstić information content (AvgIpc) is 2.40. The van der Waals surface area contributed by atoms with Gasteiger partial charge in [0, 0.05) is 17.6 Å². The first kappa shape index (κ1) is 11.8. The molecule has 17 heavy (non-hydrogen) atoms. The number of nitrogens with zero attached hydrogens (tertiary/aromatic N) is 3. The van der Waals surface area contributed by atoms with Crippen LogP contribution in [0.5, 0.6) is 5.75 Å². The molecule has 0 bridgehead atoms. The van der Waals surface area contributed by atoms with E-state index in [1.165, 1.54) is 0 Å². The molecule has 2 rings (SSSR count). The molecule has 0 unspecified atom stereocenters. The standard InChI is InChI=1S/C12H15N3O2/c1-16-11-4-2-9(3-5-11)12-8-10(14-15-13)6-7-17-12/h2-5,10,12H,6-8H2,1H3/t10-,12+/m0/s1. The van der Waals surface area contributed by atoms with Gasteiger partial charge in [-0.1, -0.05) is 17.2 Å². The van der Waals surface area contributed by atoms with Gasteiger partial charge < -0.3 is 9.47 Å². The molecule has 5 nitrogen and oxygen atoms in total. The van der Waals surface area contributed by atoms with Gasteiger partial charge in [-0.3, -0.25) is 0 Å². The topological polar surface area (TPSA) is 67.2 Å². The van der Waals surface area contributed by atoms with Gasteiger partial charge in [-0.15, -0.1) is 0 Å². The molecule has 1 saturated heterocycles. The third-order valence-electron chi connectivity index (χ3n) is 2.96. The molecule has 1 aromatic rings. The van der Waals surface area contributed by atoms with Crippen molar-refractivity contribution in [3.63, 3.8) is 0 Å². The van der Waals surface area contributed by atoms with E-state index in [2.05, 4.69) is 10.0 Å². The monoisotopic (exact) mass is 233 g/mol. The van der Waals surface area contributed by atoms with Gasteiger partial charge in [0.05, 0.1) is 13.2 Å². The predicted molar refractivity (Wildman–Crippen MR) is 63.9 cm³/mol. The fraction of sp³-hybridized carbons (Fsp3) is 0.500. The minimum absolute atomic E-state index is 0.0187. The predicted octanol–water partition coefficient (Wildman–Crippen LogP) is 3.23. The fourth-order valence-electron chi connectivity index (χ4n) is 2.01. The van der Waals surface area contributed by atoms with E-state index in [1.807, 2.05) is 24.3 Å². The third-order valence-corrected chi connectivity index (χ3v) is 2.96. The number of ether oxygens (including phenoxy) is 2. The third kappa shape index (κ3) is 2.90. The number of methoxy groups -OCH3 is 1. The summed E-state index contributed by atoms with van der Waals surface area (Å²) >= 11 is 0. The summed E-state index contributed by atoms with van der Waals surface area (Å²) in [4.78, 5) is 2.86. The van der Waals surface area contributed by atoms with E-state index in [0.717, 1.165) is 24.2 Å². The molecule has 0 saturated carbocycles. The second-order valence-corrected chi connectivity index (χ2v) is 4.02. The van der Waals surface area contributed by atoms with Gasteiger partial charge in [0.1, 0.15) is 5.75 Å². The molecule has 1 fully saturated rings. The van der Waals surface area contributed by atoms with Crippen LogP contribution in [0.2, 0.25) is 0 Å². The van der Waals surface area contributed by atoms with E-state index in [4.69, 9.17) is 15.0 Å². The Bertz CT molecular complexity index is 412. The van der Waals surface area contributed by atoms with E-state index in [-0.39, 0.29) is 12.1 Å². The van der Waals surface area contributed by atoms with Crippen molar-refractivity contribution in [1.82, 2.24) is 0 Å². The van der Waals surface area contributed by atoms with E-state index >= 15 is 0 Å². The summed E-state index contributed by atoms with van der Waals surface area (Å²) in [6, 6.07) is 7.84. The average molecular weight is 233 g/mol. The molecule has 0 N–H and O–H groups in total. The van der Waals surface area contributed by atoms with E-state index in [1.54, 1.807) is 7.11 Å². The molecule has 5 heteroatoms. The van der Waals surface area contributed by atoms with Gasteiger partial charge in [0.2, 0.25) is 0 Å². The van der Waals surface area contributed by atoms with Crippen molar-refractivity contribution in [3.8, 4) is 5.75 Å². The lowest BCUT2D eigenvalue weighted by molar-refractivity contribution is 0.00673. The van der Waals surface area contributed by atoms with Crippen molar-refractivity contribution in [1.29, 1.82) is 0 Å². The van der Waals surface area contributed by atoms with Crippen LogP contribution in [0.4, 0.5) is 0 Å². The van der Waals surface area contributed by atoms with Gasteiger partial charge in [0.15, 0.2) is 0 Å². The summed E-state index contributed by atoms with van der Waals surface area (Å²) in [5.74, 6) is 0.830. The number of benzene rings is 1. The molecule has 0 aromatic heterocycles. The number of hydrogen-bond acceptors (Lipinski definition) is 3. The van der Waals surface area contributed by atoms with Crippen LogP contribution in [0.15, 0.2) is 29.4 Å². The summed E-state index contributed by atoms with van der Waals surface area (Å²) in [5.41, 5.74) is 9.55. The molecule has 1 heterocycles. The van der Waals surface area contributed by atoms with E-state index in [0.29, 0.717) is 6.61 Å². The van der Waals surface area contributed by atoms with Crippen LogP contribution in [0.3, 0.4) is 0 Å². The normalized spacial score (nSPS) is 23.8. The van der Waals surface area contributed by atoms with Gasteiger partial charge in [0.25, 0.3) is 0 Å². The highest BCUT2D eigenvalue weighted by Gasteiger charge is 2.22. The van der Waals surface area contributed by atoms with Gasteiger partial charge in [-0.2, -0.15) is 0 Å². The largest absolute Gasteiger partial charge is 0.497 e. The lowest BCUT2D eigenvalue weighted by Crippen LogP contribution is -2.21. The van der Waals surface area contributed by atoms with Crippen LogP contribution in [-0.4, -0.2) is 19.8 Å². The Morgan fingerprint density at radius 2 is 2.18 bits per heavy atom. The van der Waals surface area contributed by atoms with Crippen LogP contribution in [0.25, 0.3) is 10.4 Å². The maximum Gasteiger partial charge on any atom is 0.118 e. The van der Waals surface area contributed by atoms with Crippen LogP contribution in [0.1, 0.15) is 24.5 Å². The Morgan fingerprint density at radius 3 is 2.82 bits per heavy atom. The molecule has 1 aliphatic heterocycles. The second-order valence-electron chi connectivity index (χ2n) is 4.02. The van der Waals surface area contributed by atoms with Crippen LogP contribution >= 0.6 is 0 Å². The quantitative estimate of drug-likeness (QED) is 0.457. The summed E-state index contributed by atoms with van der Waals surface area (Å²) in [7, 11) is 1.64. The lowest BCUT2D eigenvalue weighted by Gasteiger charge is -2.27. The van der Waals surface area contributed by atoms with Crippen LogP contribution in [-0.2, 0) is 4.74 Å².